The summed E-state index contributed by atoms with van der Waals surface area (Å²) < 4.78 is 35.2. The van der Waals surface area contributed by atoms with Crippen LogP contribution in [0.1, 0.15) is 6.92 Å². The van der Waals surface area contributed by atoms with E-state index in [1.54, 1.807) is 6.92 Å². The van der Waals surface area contributed by atoms with Gasteiger partial charge in [-0.3, -0.25) is 4.90 Å². The molecule has 0 spiro atoms. The van der Waals surface area contributed by atoms with Gasteiger partial charge in [0.05, 0.1) is 6.54 Å². The van der Waals surface area contributed by atoms with E-state index in [-0.39, 0.29) is 12.4 Å². The molecule has 0 aromatic rings. The first-order valence-corrected chi connectivity index (χ1v) is 3.88. The molecular weight excluding hydrogens is 179 g/mol. The van der Waals surface area contributed by atoms with Gasteiger partial charge in [-0.15, -0.1) is 11.6 Å². The van der Waals surface area contributed by atoms with Crippen molar-refractivity contribution in [2.24, 2.45) is 0 Å². The smallest absolute Gasteiger partial charge is 0.294 e. The van der Waals surface area contributed by atoms with Crippen LogP contribution in [0.2, 0.25) is 0 Å². The number of nitrogens with zero attached hydrogens (tertiary/aromatic N) is 1. The molecule has 0 amide bonds. The molecule has 1 nitrogen and oxygen atoms in total. The summed E-state index contributed by atoms with van der Waals surface area (Å²) in [6, 6.07) is 0. The molecule has 0 aromatic carbocycles. The van der Waals surface area contributed by atoms with E-state index in [1.807, 2.05) is 0 Å². The molecule has 0 bridgehead atoms. The van der Waals surface area contributed by atoms with Crippen LogP contribution in [0.15, 0.2) is 0 Å². The Morgan fingerprint density at radius 2 is 1.91 bits per heavy atom. The Labute approximate surface area is 69.1 Å². The van der Waals surface area contributed by atoms with Crippen LogP contribution in [0.5, 0.6) is 0 Å². The summed E-state index contributed by atoms with van der Waals surface area (Å²) >= 11 is 5.29. The molecule has 0 saturated heterocycles. The third-order valence-electron chi connectivity index (χ3n) is 1.25. The van der Waals surface area contributed by atoms with Crippen molar-refractivity contribution in [2.45, 2.75) is 13.1 Å². The average Bonchev–Trinajstić information content (AvgIpc) is 1.84. The summed E-state index contributed by atoms with van der Waals surface area (Å²) in [7, 11) is 0. The first-order valence-electron chi connectivity index (χ1n) is 3.34. The molecule has 0 unspecified atom stereocenters. The number of alkyl halides is 4. The van der Waals surface area contributed by atoms with Crippen LogP contribution >= 0.6 is 11.6 Å². The molecule has 0 fully saturated rings. The minimum absolute atomic E-state index is 0.240. The van der Waals surface area contributed by atoms with Gasteiger partial charge >= 0.3 is 6.18 Å². The zero-order chi connectivity index (χ0) is 8.91. The van der Waals surface area contributed by atoms with E-state index in [0.717, 1.165) is 0 Å². The van der Waals surface area contributed by atoms with Crippen LogP contribution in [0.4, 0.5) is 13.2 Å². The van der Waals surface area contributed by atoms with Gasteiger partial charge in [-0.25, -0.2) is 0 Å². The van der Waals surface area contributed by atoms with E-state index >= 15 is 0 Å². The van der Waals surface area contributed by atoms with E-state index in [4.69, 9.17) is 11.6 Å². The summed E-state index contributed by atoms with van der Waals surface area (Å²) in [5.41, 5.74) is 0. The average molecular weight is 190 g/mol. The fourth-order valence-corrected chi connectivity index (χ4v) is 0.961. The molecule has 5 heteroatoms. The minimum Gasteiger partial charge on any atom is -0.294 e. The van der Waals surface area contributed by atoms with Crippen molar-refractivity contribution in [3.05, 3.63) is 0 Å². The zero-order valence-electron chi connectivity index (χ0n) is 6.29. The molecule has 0 aliphatic carbocycles. The Kier molecular flexibility index (Phi) is 4.84. The van der Waals surface area contributed by atoms with Crippen molar-refractivity contribution in [1.29, 1.82) is 0 Å². The Hall–Kier alpha value is 0.0400. The Morgan fingerprint density at radius 3 is 2.18 bits per heavy atom. The molecule has 0 N–H and O–H groups in total. The minimum atomic E-state index is -4.11. The Bertz CT molecular complexity index is 104. The highest BCUT2D eigenvalue weighted by molar-refractivity contribution is 6.18. The summed E-state index contributed by atoms with van der Waals surface area (Å²) in [5, 5.41) is 0. The lowest BCUT2D eigenvalue weighted by Gasteiger charge is -2.20. The van der Waals surface area contributed by atoms with E-state index < -0.39 is 12.7 Å². The van der Waals surface area contributed by atoms with Gasteiger partial charge in [0.1, 0.15) is 0 Å². The van der Waals surface area contributed by atoms with Crippen molar-refractivity contribution in [3.63, 3.8) is 0 Å². The van der Waals surface area contributed by atoms with Crippen molar-refractivity contribution < 1.29 is 13.2 Å². The van der Waals surface area contributed by atoms with Crippen molar-refractivity contribution in [1.82, 2.24) is 4.90 Å². The second kappa shape index (κ2) is 4.83. The van der Waals surface area contributed by atoms with Gasteiger partial charge in [0.15, 0.2) is 0 Å². The number of halogens is 4. The molecule has 0 radical (unpaired) electrons. The maximum atomic E-state index is 11.7. The standard InChI is InChI=1S/C6H11ClF3N/c1-2-11(4-3-7)5-6(8,9)10/h2-5H2,1H3. The molecule has 0 heterocycles. The topological polar surface area (TPSA) is 3.24 Å². The van der Waals surface area contributed by atoms with Crippen molar-refractivity contribution >= 4 is 11.6 Å². The summed E-state index contributed by atoms with van der Waals surface area (Å²) in [5.74, 6) is 0.240. The second-order valence-electron chi connectivity index (χ2n) is 2.17. The molecular formula is C6H11ClF3N. The molecule has 0 aromatic heterocycles. The van der Waals surface area contributed by atoms with Crippen LogP contribution in [0.25, 0.3) is 0 Å². The maximum Gasteiger partial charge on any atom is 0.401 e. The van der Waals surface area contributed by atoms with Gasteiger partial charge in [-0.1, -0.05) is 6.92 Å². The van der Waals surface area contributed by atoms with Gasteiger partial charge in [-0.2, -0.15) is 13.2 Å². The number of hydrogen-bond acceptors (Lipinski definition) is 1. The molecule has 0 aliphatic heterocycles. The van der Waals surface area contributed by atoms with Crippen LogP contribution in [0, 0.1) is 0 Å². The molecule has 0 atom stereocenters. The van der Waals surface area contributed by atoms with Crippen LogP contribution in [0.3, 0.4) is 0 Å². The summed E-state index contributed by atoms with van der Waals surface area (Å²) in [4.78, 5) is 1.26. The van der Waals surface area contributed by atoms with Gasteiger partial charge in [0.25, 0.3) is 0 Å². The monoisotopic (exact) mass is 189 g/mol. The third-order valence-corrected chi connectivity index (χ3v) is 1.42. The lowest BCUT2D eigenvalue weighted by Crippen LogP contribution is -2.35. The molecule has 0 saturated carbocycles. The van der Waals surface area contributed by atoms with Crippen molar-refractivity contribution in [2.75, 3.05) is 25.5 Å². The Morgan fingerprint density at radius 1 is 1.36 bits per heavy atom. The highest BCUT2D eigenvalue weighted by Crippen LogP contribution is 2.15. The maximum absolute atomic E-state index is 11.7. The molecule has 0 rings (SSSR count). The molecule has 68 valence electrons. The van der Waals surface area contributed by atoms with Crippen LogP contribution in [-0.4, -0.2) is 36.6 Å². The highest BCUT2D eigenvalue weighted by atomic mass is 35.5. The van der Waals surface area contributed by atoms with E-state index in [9.17, 15) is 13.2 Å². The first kappa shape index (κ1) is 11.0. The van der Waals surface area contributed by atoms with Crippen LogP contribution < -0.4 is 0 Å². The Balaban J connectivity index is 3.68. The summed E-state index contributed by atoms with van der Waals surface area (Å²) in [6.45, 7) is 1.48. The fourth-order valence-electron chi connectivity index (χ4n) is 0.722. The fraction of sp³-hybridized carbons (Fsp3) is 1.00. The molecule has 11 heavy (non-hydrogen) atoms. The van der Waals surface area contributed by atoms with Crippen LogP contribution in [-0.2, 0) is 0 Å². The summed E-state index contributed by atoms with van der Waals surface area (Å²) in [6.07, 6.45) is -4.11. The highest BCUT2D eigenvalue weighted by Gasteiger charge is 2.29. The van der Waals surface area contributed by atoms with E-state index in [2.05, 4.69) is 0 Å². The first-order chi connectivity index (χ1) is 4.99. The van der Waals surface area contributed by atoms with E-state index in [0.29, 0.717) is 6.54 Å². The molecule has 0 aliphatic rings. The SMILES string of the molecule is CCN(CCCl)CC(F)(F)F. The van der Waals surface area contributed by atoms with E-state index in [1.165, 1.54) is 4.90 Å². The lowest BCUT2D eigenvalue weighted by atomic mass is 10.5. The predicted molar refractivity (Wildman–Crippen MR) is 38.9 cm³/mol. The van der Waals surface area contributed by atoms with Gasteiger partial charge in [-0.05, 0) is 6.54 Å². The lowest BCUT2D eigenvalue weighted by molar-refractivity contribution is -0.144. The van der Waals surface area contributed by atoms with Gasteiger partial charge in [0.2, 0.25) is 0 Å². The third kappa shape index (κ3) is 6.44. The largest absolute Gasteiger partial charge is 0.401 e. The van der Waals surface area contributed by atoms with Gasteiger partial charge in [0, 0.05) is 12.4 Å². The quantitative estimate of drug-likeness (QED) is 0.613. The number of rotatable bonds is 4. The van der Waals surface area contributed by atoms with Crippen molar-refractivity contribution in [3.8, 4) is 0 Å². The second-order valence-corrected chi connectivity index (χ2v) is 2.55. The predicted octanol–water partition coefficient (Wildman–Crippen LogP) is 2.11. The van der Waals surface area contributed by atoms with Gasteiger partial charge < -0.3 is 0 Å². The zero-order valence-corrected chi connectivity index (χ0v) is 7.04. The number of hydrogen-bond donors (Lipinski definition) is 0. The normalized spacial score (nSPS) is 12.5.